The highest BCUT2D eigenvalue weighted by atomic mass is 32.1. The monoisotopic (exact) mass is 182 g/mol. The van der Waals surface area contributed by atoms with Gasteiger partial charge in [-0.05, 0) is 25.7 Å². The highest BCUT2D eigenvalue weighted by Gasteiger charge is 2.27. The normalized spacial score (nSPS) is 28.5. The molecule has 1 aromatic heterocycles. The fourth-order valence-corrected chi connectivity index (χ4v) is 2.44. The molecule has 1 aromatic rings. The van der Waals surface area contributed by atoms with Crippen LogP contribution in [0.3, 0.4) is 0 Å². The van der Waals surface area contributed by atoms with E-state index in [1.165, 1.54) is 17.8 Å². The number of hydrogen-bond donors (Lipinski definition) is 1. The second kappa shape index (κ2) is 3.15. The molecule has 12 heavy (non-hydrogen) atoms. The Morgan fingerprint density at radius 1 is 1.67 bits per heavy atom. The minimum Gasteiger partial charge on any atom is -0.327 e. The lowest BCUT2D eigenvalue weighted by Gasteiger charge is -2.32. The Morgan fingerprint density at radius 3 is 2.92 bits per heavy atom. The number of aromatic nitrogens is 1. The van der Waals surface area contributed by atoms with Crippen molar-refractivity contribution < 1.29 is 0 Å². The minimum atomic E-state index is 0.439. The number of thiazole rings is 1. The lowest BCUT2D eigenvalue weighted by Crippen LogP contribution is -2.40. The molecular formula is C9H14N2S. The molecule has 2 N–H and O–H groups in total. The van der Waals surface area contributed by atoms with Gasteiger partial charge in [0.05, 0.1) is 5.01 Å². The van der Waals surface area contributed by atoms with Crippen molar-refractivity contribution in [1.29, 1.82) is 0 Å². The molecule has 0 bridgehead atoms. The van der Waals surface area contributed by atoms with Gasteiger partial charge in [0.1, 0.15) is 0 Å². The zero-order valence-electron chi connectivity index (χ0n) is 7.29. The Kier molecular flexibility index (Phi) is 2.15. The SMILES string of the molecule is Cc1csc(CC2CCC2N)n1. The van der Waals surface area contributed by atoms with Crippen LogP contribution in [0.2, 0.25) is 0 Å². The van der Waals surface area contributed by atoms with Crippen molar-refractivity contribution in [3.63, 3.8) is 0 Å². The first-order valence-corrected chi connectivity index (χ1v) is 5.30. The first-order chi connectivity index (χ1) is 5.75. The average molecular weight is 182 g/mol. The third-order valence-electron chi connectivity index (χ3n) is 2.58. The van der Waals surface area contributed by atoms with Crippen molar-refractivity contribution >= 4 is 11.3 Å². The van der Waals surface area contributed by atoms with Crippen LogP contribution in [0.5, 0.6) is 0 Å². The summed E-state index contributed by atoms with van der Waals surface area (Å²) in [5.41, 5.74) is 7.00. The van der Waals surface area contributed by atoms with E-state index in [4.69, 9.17) is 5.73 Å². The van der Waals surface area contributed by atoms with Gasteiger partial charge >= 0.3 is 0 Å². The first kappa shape index (κ1) is 8.20. The van der Waals surface area contributed by atoms with Crippen molar-refractivity contribution in [3.05, 3.63) is 16.1 Å². The van der Waals surface area contributed by atoms with E-state index in [1.54, 1.807) is 11.3 Å². The molecule has 3 heteroatoms. The van der Waals surface area contributed by atoms with Gasteiger partial charge in [-0.15, -0.1) is 11.3 Å². The van der Waals surface area contributed by atoms with Gasteiger partial charge in [0.15, 0.2) is 0 Å². The molecule has 1 saturated carbocycles. The summed E-state index contributed by atoms with van der Waals surface area (Å²) in [5, 5.41) is 3.37. The Balaban J connectivity index is 1.95. The van der Waals surface area contributed by atoms with Gasteiger partial charge in [0.2, 0.25) is 0 Å². The Morgan fingerprint density at radius 2 is 2.50 bits per heavy atom. The number of aryl methyl sites for hydroxylation is 1. The van der Waals surface area contributed by atoms with Gasteiger partial charge in [0, 0.05) is 23.5 Å². The fourth-order valence-electron chi connectivity index (χ4n) is 1.57. The summed E-state index contributed by atoms with van der Waals surface area (Å²) in [6.07, 6.45) is 3.59. The fraction of sp³-hybridized carbons (Fsp3) is 0.667. The summed E-state index contributed by atoms with van der Waals surface area (Å²) in [5.74, 6) is 0.704. The van der Waals surface area contributed by atoms with E-state index in [0.717, 1.165) is 12.1 Å². The quantitative estimate of drug-likeness (QED) is 0.756. The second-order valence-electron chi connectivity index (χ2n) is 3.59. The molecule has 2 unspecified atom stereocenters. The van der Waals surface area contributed by atoms with Crippen molar-refractivity contribution in [2.24, 2.45) is 11.7 Å². The Bertz CT molecular complexity index is 269. The van der Waals surface area contributed by atoms with Crippen LogP contribution < -0.4 is 5.73 Å². The Hall–Kier alpha value is -0.410. The van der Waals surface area contributed by atoms with E-state index in [1.807, 2.05) is 6.92 Å². The highest BCUT2D eigenvalue weighted by Crippen LogP contribution is 2.29. The van der Waals surface area contributed by atoms with Crippen LogP contribution in [0.15, 0.2) is 5.38 Å². The van der Waals surface area contributed by atoms with E-state index in [-0.39, 0.29) is 0 Å². The van der Waals surface area contributed by atoms with E-state index in [9.17, 15) is 0 Å². The molecule has 1 aliphatic rings. The van der Waals surface area contributed by atoms with Crippen molar-refractivity contribution in [1.82, 2.24) is 4.98 Å². The van der Waals surface area contributed by atoms with Gasteiger partial charge in [-0.3, -0.25) is 0 Å². The van der Waals surface area contributed by atoms with Crippen LogP contribution in [0.1, 0.15) is 23.5 Å². The van der Waals surface area contributed by atoms with E-state index < -0.39 is 0 Å². The third-order valence-corrected chi connectivity index (χ3v) is 3.57. The maximum atomic E-state index is 5.85. The molecule has 2 atom stereocenters. The number of nitrogens with two attached hydrogens (primary N) is 1. The largest absolute Gasteiger partial charge is 0.327 e. The Labute approximate surface area is 76.8 Å². The third kappa shape index (κ3) is 1.52. The minimum absolute atomic E-state index is 0.439. The van der Waals surface area contributed by atoms with Gasteiger partial charge in [-0.1, -0.05) is 0 Å². The lowest BCUT2D eigenvalue weighted by atomic mass is 9.78. The summed E-state index contributed by atoms with van der Waals surface area (Å²) in [6.45, 7) is 2.04. The molecule has 0 saturated heterocycles. The zero-order chi connectivity index (χ0) is 8.55. The molecule has 2 nitrogen and oxygen atoms in total. The molecule has 1 fully saturated rings. The topological polar surface area (TPSA) is 38.9 Å². The maximum Gasteiger partial charge on any atom is 0.0931 e. The molecule has 1 heterocycles. The number of rotatable bonds is 2. The average Bonchev–Trinajstić information content (AvgIpc) is 2.44. The summed E-state index contributed by atoms with van der Waals surface area (Å²) < 4.78 is 0. The van der Waals surface area contributed by atoms with Gasteiger partial charge in [-0.25, -0.2) is 4.98 Å². The standard InChI is InChI=1S/C9H14N2S/c1-6-5-12-9(11-6)4-7-2-3-8(7)10/h5,7-8H,2-4,10H2,1H3. The lowest BCUT2D eigenvalue weighted by molar-refractivity contribution is 0.255. The summed E-state index contributed by atoms with van der Waals surface area (Å²) in [6, 6.07) is 0.439. The second-order valence-corrected chi connectivity index (χ2v) is 4.53. The first-order valence-electron chi connectivity index (χ1n) is 4.42. The van der Waals surface area contributed by atoms with Crippen LogP contribution in [-0.4, -0.2) is 11.0 Å². The smallest absolute Gasteiger partial charge is 0.0931 e. The van der Waals surface area contributed by atoms with Gasteiger partial charge in [0.25, 0.3) is 0 Å². The van der Waals surface area contributed by atoms with Crippen molar-refractivity contribution in [2.75, 3.05) is 0 Å². The van der Waals surface area contributed by atoms with E-state index in [0.29, 0.717) is 12.0 Å². The molecule has 1 aliphatic carbocycles. The molecule has 0 aromatic carbocycles. The molecule has 0 radical (unpaired) electrons. The number of hydrogen-bond acceptors (Lipinski definition) is 3. The van der Waals surface area contributed by atoms with Crippen LogP contribution in [0, 0.1) is 12.8 Å². The van der Waals surface area contributed by atoms with Crippen molar-refractivity contribution in [3.8, 4) is 0 Å². The summed E-state index contributed by atoms with van der Waals surface area (Å²) in [7, 11) is 0. The van der Waals surface area contributed by atoms with Crippen LogP contribution in [-0.2, 0) is 6.42 Å². The molecule has 0 spiro atoms. The number of nitrogens with zero attached hydrogens (tertiary/aromatic N) is 1. The molecule has 2 rings (SSSR count). The molecule has 0 amide bonds. The maximum absolute atomic E-state index is 5.85. The van der Waals surface area contributed by atoms with Crippen LogP contribution >= 0.6 is 11.3 Å². The predicted octanol–water partition coefficient (Wildman–Crippen LogP) is 1.73. The zero-order valence-corrected chi connectivity index (χ0v) is 8.10. The van der Waals surface area contributed by atoms with E-state index >= 15 is 0 Å². The van der Waals surface area contributed by atoms with Crippen molar-refractivity contribution in [2.45, 2.75) is 32.2 Å². The highest BCUT2D eigenvalue weighted by molar-refractivity contribution is 7.09. The van der Waals surface area contributed by atoms with Crippen LogP contribution in [0.4, 0.5) is 0 Å². The van der Waals surface area contributed by atoms with E-state index in [2.05, 4.69) is 10.4 Å². The van der Waals surface area contributed by atoms with Gasteiger partial charge < -0.3 is 5.73 Å². The van der Waals surface area contributed by atoms with Gasteiger partial charge in [-0.2, -0.15) is 0 Å². The molecule has 66 valence electrons. The molecular weight excluding hydrogens is 168 g/mol. The molecule has 0 aliphatic heterocycles. The summed E-state index contributed by atoms with van der Waals surface area (Å²) >= 11 is 1.76. The van der Waals surface area contributed by atoms with Crippen LogP contribution in [0.25, 0.3) is 0 Å². The summed E-state index contributed by atoms with van der Waals surface area (Å²) in [4.78, 5) is 4.43. The predicted molar refractivity (Wildman–Crippen MR) is 51.3 cm³/mol.